The number of benzene rings is 2. The quantitative estimate of drug-likeness (QED) is 0.452. The van der Waals surface area contributed by atoms with Crippen molar-refractivity contribution < 1.29 is 9.53 Å². The van der Waals surface area contributed by atoms with E-state index in [0.29, 0.717) is 0 Å². The monoisotopic (exact) mass is 374 g/mol. The molecule has 0 N–H and O–H groups in total. The first-order valence-electron chi connectivity index (χ1n) is 7.61. The fourth-order valence-corrected chi connectivity index (χ4v) is 3.76. The van der Waals surface area contributed by atoms with E-state index in [4.69, 9.17) is 4.74 Å². The van der Waals surface area contributed by atoms with Gasteiger partial charge in [-0.15, -0.1) is 0 Å². The molecule has 0 heterocycles. The van der Waals surface area contributed by atoms with E-state index < -0.39 is 5.60 Å². The molecule has 0 amide bonds. The maximum atomic E-state index is 12.5. The second kappa shape index (κ2) is 8.14. The molecular weight excluding hydrogens is 351 g/mol. The van der Waals surface area contributed by atoms with Crippen LogP contribution in [0.2, 0.25) is 5.32 Å². The van der Waals surface area contributed by atoms with E-state index >= 15 is 0 Å². The first-order valence-corrected chi connectivity index (χ1v) is 9.68. The van der Waals surface area contributed by atoms with E-state index in [9.17, 15) is 4.79 Å². The van der Waals surface area contributed by atoms with Crippen LogP contribution in [-0.4, -0.2) is 26.5 Å². The second-order valence-electron chi connectivity index (χ2n) is 6.18. The fourth-order valence-electron chi connectivity index (χ4n) is 1.93. The molecule has 2 aromatic rings. The summed E-state index contributed by atoms with van der Waals surface area (Å²) >= 11 is 0.207. The Hall–Kier alpha value is -1.83. The van der Waals surface area contributed by atoms with E-state index in [2.05, 4.69) is 12.1 Å². The van der Waals surface area contributed by atoms with Gasteiger partial charge in [-0.25, -0.2) is 0 Å². The van der Waals surface area contributed by atoms with Crippen molar-refractivity contribution in [2.24, 2.45) is 0 Å². The number of hydrogen-bond donors (Lipinski definition) is 0. The summed E-state index contributed by atoms with van der Waals surface area (Å²) in [5.74, 6) is -0.223. The summed E-state index contributed by atoms with van der Waals surface area (Å²) in [6.07, 6.45) is 1.94. The minimum atomic E-state index is -0.480. The molecule has 0 saturated heterocycles. The van der Waals surface area contributed by atoms with E-state index in [1.54, 1.807) is 0 Å². The third-order valence-corrected chi connectivity index (χ3v) is 5.16. The average Bonchev–Trinajstić information content (AvgIpc) is 2.51. The van der Waals surface area contributed by atoms with Gasteiger partial charge in [-0.2, -0.15) is 0 Å². The summed E-state index contributed by atoms with van der Waals surface area (Å²) in [7, 11) is 0. The van der Waals surface area contributed by atoms with Crippen LogP contribution in [-0.2, 0) is 9.53 Å². The molecule has 0 bridgehead atoms. The number of esters is 1. The van der Waals surface area contributed by atoms with Crippen molar-refractivity contribution in [3.05, 3.63) is 71.8 Å². The first kappa shape index (κ1) is 17.5. The molecule has 0 aliphatic rings. The van der Waals surface area contributed by atoms with Crippen molar-refractivity contribution >= 4 is 31.5 Å². The normalized spacial score (nSPS) is 12.0. The third kappa shape index (κ3) is 6.43. The van der Waals surface area contributed by atoms with E-state index in [1.165, 1.54) is 4.46 Å². The summed E-state index contributed by atoms with van der Waals surface area (Å²) < 4.78 is 6.84. The van der Waals surface area contributed by atoms with Crippen molar-refractivity contribution in [1.82, 2.24) is 0 Å². The molecule has 0 aromatic heterocycles. The van der Waals surface area contributed by atoms with Crippen molar-refractivity contribution in [1.29, 1.82) is 0 Å². The molecular formula is C20H22O2Se. The Morgan fingerprint density at radius 3 is 2.13 bits per heavy atom. The summed E-state index contributed by atoms with van der Waals surface area (Å²) in [5, 5.41) is 0.723. The van der Waals surface area contributed by atoms with Gasteiger partial charge < -0.3 is 0 Å². The molecule has 2 aromatic carbocycles. The van der Waals surface area contributed by atoms with Gasteiger partial charge in [0, 0.05) is 0 Å². The molecule has 0 atom stereocenters. The Labute approximate surface area is 144 Å². The summed E-state index contributed by atoms with van der Waals surface area (Å²) in [4.78, 5) is 12.5. The van der Waals surface area contributed by atoms with E-state index in [0.717, 1.165) is 16.5 Å². The Bertz CT molecular complexity index is 655. The van der Waals surface area contributed by atoms with Crippen molar-refractivity contribution in [3.63, 3.8) is 0 Å². The molecule has 0 aliphatic carbocycles. The van der Waals surface area contributed by atoms with Crippen LogP contribution in [0.3, 0.4) is 0 Å². The van der Waals surface area contributed by atoms with Gasteiger partial charge >= 0.3 is 144 Å². The molecule has 23 heavy (non-hydrogen) atoms. The van der Waals surface area contributed by atoms with Crippen molar-refractivity contribution in [2.75, 3.05) is 0 Å². The zero-order valence-corrected chi connectivity index (χ0v) is 15.5. The molecule has 2 nitrogen and oxygen atoms in total. The van der Waals surface area contributed by atoms with Crippen LogP contribution < -0.4 is 4.46 Å². The fraction of sp³-hybridized carbons (Fsp3) is 0.250. The van der Waals surface area contributed by atoms with Crippen LogP contribution in [0.25, 0.3) is 6.08 Å². The molecule has 0 radical (unpaired) electrons. The zero-order chi connectivity index (χ0) is 16.7. The number of ether oxygens (including phenoxy) is 1. The average molecular weight is 373 g/mol. The van der Waals surface area contributed by atoms with Gasteiger partial charge in [-0.3, -0.25) is 0 Å². The van der Waals surface area contributed by atoms with Gasteiger partial charge in [0.05, 0.1) is 0 Å². The standard InChI is InChI=1S/C20H22O2Se/c1-20(2,3)22-19(21)17(14-16-10-6-4-7-11-16)15-23-18-12-8-5-9-13-18/h4-14H,15H2,1-3H3/b17-14-. The van der Waals surface area contributed by atoms with Crippen LogP contribution in [0.15, 0.2) is 66.2 Å². The molecule has 0 fully saturated rings. The molecule has 3 heteroatoms. The molecule has 120 valence electrons. The third-order valence-electron chi connectivity index (χ3n) is 2.94. The maximum absolute atomic E-state index is 12.5. The van der Waals surface area contributed by atoms with Gasteiger partial charge in [0.25, 0.3) is 0 Å². The Kier molecular flexibility index (Phi) is 6.20. The minimum absolute atomic E-state index is 0.207. The van der Waals surface area contributed by atoms with Crippen LogP contribution in [0, 0.1) is 0 Å². The Balaban J connectivity index is 2.17. The van der Waals surface area contributed by atoms with Crippen LogP contribution >= 0.6 is 0 Å². The SMILES string of the molecule is CC(C)(C)OC(=O)/C(=C\c1ccccc1)C[Se]c1ccccc1. The van der Waals surface area contributed by atoms with Gasteiger partial charge in [0.2, 0.25) is 0 Å². The summed E-state index contributed by atoms with van der Waals surface area (Å²) in [6, 6.07) is 20.2. The van der Waals surface area contributed by atoms with E-state index in [-0.39, 0.29) is 20.9 Å². The second-order valence-corrected chi connectivity index (χ2v) is 8.38. The number of rotatable bonds is 5. The predicted molar refractivity (Wildman–Crippen MR) is 96.9 cm³/mol. The summed E-state index contributed by atoms with van der Waals surface area (Å²) in [6.45, 7) is 5.69. The molecule has 0 saturated carbocycles. The predicted octanol–water partition coefficient (Wildman–Crippen LogP) is 3.86. The van der Waals surface area contributed by atoms with E-state index in [1.807, 2.05) is 75.4 Å². The Morgan fingerprint density at radius 1 is 1.00 bits per heavy atom. The van der Waals surface area contributed by atoms with Crippen LogP contribution in [0.5, 0.6) is 0 Å². The number of carbonyl (C=O) groups excluding carboxylic acids is 1. The van der Waals surface area contributed by atoms with Gasteiger partial charge in [-0.1, -0.05) is 0 Å². The zero-order valence-electron chi connectivity index (χ0n) is 13.8. The van der Waals surface area contributed by atoms with Crippen molar-refractivity contribution in [2.45, 2.75) is 31.7 Å². The molecule has 2 rings (SSSR count). The van der Waals surface area contributed by atoms with Crippen LogP contribution in [0.4, 0.5) is 0 Å². The van der Waals surface area contributed by atoms with Gasteiger partial charge in [-0.05, 0) is 0 Å². The Morgan fingerprint density at radius 2 is 1.57 bits per heavy atom. The van der Waals surface area contributed by atoms with Gasteiger partial charge in [0.1, 0.15) is 0 Å². The molecule has 0 aliphatic heterocycles. The van der Waals surface area contributed by atoms with Gasteiger partial charge in [0.15, 0.2) is 0 Å². The summed E-state index contributed by atoms with van der Waals surface area (Å²) in [5.41, 5.74) is 1.28. The number of carbonyl (C=O) groups is 1. The first-order chi connectivity index (χ1) is 10.9. The van der Waals surface area contributed by atoms with Crippen molar-refractivity contribution in [3.8, 4) is 0 Å². The van der Waals surface area contributed by atoms with Crippen LogP contribution in [0.1, 0.15) is 26.3 Å². The topological polar surface area (TPSA) is 26.3 Å². The molecule has 0 spiro atoms. The number of hydrogen-bond acceptors (Lipinski definition) is 2. The molecule has 0 unspecified atom stereocenters.